The van der Waals surface area contributed by atoms with Crippen molar-refractivity contribution in [2.75, 3.05) is 45.2 Å². The second-order valence-corrected chi connectivity index (χ2v) is 8.62. The smallest absolute Gasteiger partial charge is 0.292 e. The van der Waals surface area contributed by atoms with Gasteiger partial charge in [0.1, 0.15) is 11.4 Å². The van der Waals surface area contributed by atoms with Crippen LogP contribution >= 0.6 is 0 Å². The zero-order valence-electron chi connectivity index (χ0n) is 16.4. The summed E-state index contributed by atoms with van der Waals surface area (Å²) in [5.74, 6) is 0.180. The molecule has 0 radical (unpaired) electrons. The Hall–Kier alpha value is -3.02. The highest BCUT2D eigenvalue weighted by Crippen LogP contribution is 2.23. The number of sulfonamides is 1. The summed E-state index contributed by atoms with van der Waals surface area (Å²) in [7, 11) is -2.12. The highest BCUT2D eigenvalue weighted by Gasteiger charge is 2.29. The number of hydrogen-bond acceptors (Lipinski definition) is 7. The SMILES string of the molecule is COc1ccc(S(=O)(=O)N2CCN(CC(=O)Nc3ccccc3[N+](=O)[O-])CC2)cc1. The second kappa shape index (κ2) is 9.20. The Morgan fingerprint density at radius 2 is 1.73 bits per heavy atom. The van der Waals surface area contributed by atoms with Gasteiger partial charge in [-0.2, -0.15) is 4.31 Å². The van der Waals surface area contributed by atoms with Crippen LogP contribution in [0, 0.1) is 10.1 Å². The van der Waals surface area contributed by atoms with Crippen LogP contribution < -0.4 is 10.1 Å². The predicted molar refractivity (Wildman–Crippen MR) is 110 cm³/mol. The fraction of sp³-hybridized carbons (Fsp3) is 0.316. The number of nitrogens with zero attached hydrogens (tertiary/aromatic N) is 3. The molecule has 0 aliphatic carbocycles. The van der Waals surface area contributed by atoms with Crippen LogP contribution in [0.3, 0.4) is 0 Å². The van der Waals surface area contributed by atoms with Crippen molar-refractivity contribution < 1.29 is 22.9 Å². The molecule has 0 atom stereocenters. The van der Waals surface area contributed by atoms with E-state index in [0.717, 1.165) is 0 Å². The summed E-state index contributed by atoms with van der Waals surface area (Å²) < 4.78 is 32.0. The molecule has 1 amide bonds. The number of nitro benzene ring substituents is 1. The molecule has 1 fully saturated rings. The number of benzene rings is 2. The van der Waals surface area contributed by atoms with E-state index in [9.17, 15) is 23.3 Å². The molecule has 0 unspecified atom stereocenters. The molecule has 160 valence electrons. The first kappa shape index (κ1) is 21.7. The number of piperazine rings is 1. The monoisotopic (exact) mass is 434 g/mol. The Morgan fingerprint density at radius 3 is 2.33 bits per heavy atom. The number of amides is 1. The largest absolute Gasteiger partial charge is 0.497 e. The zero-order chi connectivity index (χ0) is 21.7. The molecule has 1 aliphatic heterocycles. The van der Waals surface area contributed by atoms with Crippen molar-refractivity contribution in [2.45, 2.75) is 4.90 Å². The molecule has 11 heteroatoms. The third-order valence-corrected chi connectivity index (χ3v) is 6.68. The summed E-state index contributed by atoms with van der Waals surface area (Å²) in [5.41, 5.74) is -0.0468. The predicted octanol–water partition coefficient (Wildman–Crippen LogP) is 1.55. The Bertz CT molecular complexity index is 1020. The standard InChI is InChI=1S/C19H22N4O6S/c1-29-15-6-8-16(9-7-15)30(27,28)22-12-10-21(11-13-22)14-19(24)20-17-4-2-3-5-18(17)23(25)26/h2-9H,10-14H2,1H3,(H,20,24). The van der Waals surface area contributed by atoms with Gasteiger partial charge in [0.25, 0.3) is 5.69 Å². The maximum atomic E-state index is 12.8. The van der Waals surface area contributed by atoms with E-state index >= 15 is 0 Å². The van der Waals surface area contributed by atoms with Crippen molar-refractivity contribution in [1.82, 2.24) is 9.21 Å². The lowest BCUT2D eigenvalue weighted by atomic mass is 10.2. The van der Waals surface area contributed by atoms with Gasteiger partial charge in [0.15, 0.2) is 0 Å². The lowest BCUT2D eigenvalue weighted by Crippen LogP contribution is -2.50. The summed E-state index contributed by atoms with van der Waals surface area (Å²) in [4.78, 5) is 24.8. The number of rotatable bonds is 7. The number of nitrogens with one attached hydrogen (secondary N) is 1. The lowest BCUT2D eigenvalue weighted by Gasteiger charge is -2.33. The average Bonchev–Trinajstić information content (AvgIpc) is 2.74. The third-order valence-electron chi connectivity index (χ3n) is 4.77. The number of anilines is 1. The van der Waals surface area contributed by atoms with Gasteiger partial charge in [0, 0.05) is 32.2 Å². The summed E-state index contributed by atoms with van der Waals surface area (Å²) in [6, 6.07) is 12.1. The van der Waals surface area contributed by atoms with Crippen LogP contribution in [0.1, 0.15) is 0 Å². The van der Waals surface area contributed by atoms with E-state index in [4.69, 9.17) is 4.74 Å². The highest BCUT2D eigenvalue weighted by molar-refractivity contribution is 7.89. The van der Waals surface area contributed by atoms with Crippen LogP contribution in [0.5, 0.6) is 5.75 Å². The minimum atomic E-state index is -3.63. The van der Waals surface area contributed by atoms with E-state index in [-0.39, 0.29) is 35.9 Å². The normalized spacial score (nSPS) is 15.5. The molecule has 30 heavy (non-hydrogen) atoms. The van der Waals surface area contributed by atoms with Gasteiger partial charge in [-0.3, -0.25) is 19.8 Å². The summed E-state index contributed by atoms with van der Waals surface area (Å²) in [6.07, 6.45) is 0. The first-order valence-corrected chi connectivity index (χ1v) is 10.6. The zero-order valence-corrected chi connectivity index (χ0v) is 17.2. The van der Waals surface area contributed by atoms with Crippen LogP contribution in [0.15, 0.2) is 53.4 Å². The van der Waals surface area contributed by atoms with Gasteiger partial charge < -0.3 is 10.1 Å². The summed E-state index contributed by atoms with van der Waals surface area (Å²) in [5, 5.41) is 13.6. The fourth-order valence-corrected chi connectivity index (χ4v) is 4.58. The van der Waals surface area contributed by atoms with Gasteiger partial charge in [-0.25, -0.2) is 8.42 Å². The van der Waals surface area contributed by atoms with E-state index in [2.05, 4.69) is 5.32 Å². The third kappa shape index (κ3) is 4.93. The Kier molecular flexibility index (Phi) is 6.65. The van der Waals surface area contributed by atoms with Gasteiger partial charge in [-0.1, -0.05) is 12.1 Å². The fourth-order valence-electron chi connectivity index (χ4n) is 3.16. The second-order valence-electron chi connectivity index (χ2n) is 6.68. The maximum absolute atomic E-state index is 12.8. The number of para-hydroxylation sites is 2. The molecular weight excluding hydrogens is 412 g/mol. The maximum Gasteiger partial charge on any atom is 0.292 e. The number of hydrogen-bond donors (Lipinski definition) is 1. The highest BCUT2D eigenvalue weighted by atomic mass is 32.2. The molecule has 0 spiro atoms. The molecule has 2 aromatic carbocycles. The molecule has 3 rings (SSSR count). The molecule has 1 saturated heterocycles. The number of carbonyl (C=O) groups is 1. The topological polar surface area (TPSA) is 122 Å². The molecule has 0 saturated carbocycles. The van der Waals surface area contributed by atoms with Crippen molar-refractivity contribution in [3.8, 4) is 5.75 Å². The Balaban J connectivity index is 1.56. The number of carbonyl (C=O) groups excluding carboxylic acids is 1. The molecule has 10 nitrogen and oxygen atoms in total. The van der Waals surface area contributed by atoms with Crippen molar-refractivity contribution in [1.29, 1.82) is 0 Å². The average molecular weight is 434 g/mol. The van der Waals surface area contributed by atoms with Gasteiger partial charge in [-0.05, 0) is 30.3 Å². The van der Waals surface area contributed by atoms with Crippen molar-refractivity contribution in [3.05, 3.63) is 58.6 Å². The Labute approximate surface area is 174 Å². The van der Waals surface area contributed by atoms with Gasteiger partial charge in [0.2, 0.25) is 15.9 Å². The van der Waals surface area contributed by atoms with Gasteiger partial charge in [-0.15, -0.1) is 0 Å². The summed E-state index contributed by atoms with van der Waals surface area (Å²) >= 11 is 0. The van der Waals surface area contributed by atoms with Crippen LogP contribution in [0.4, 0.5) is 11.4 Å². The minimum Gasteiger partial charge on any atom is -0.497 e. The van der Waals surface area contributed by atoms with Crippen molar-refractivity contribution in [2.24, 2.45) is 0 Å². The van der Waals surface area contributed by atoms with Gasteiger partial charge in [0.05, 0.1) is 23.5 Å². The van der Waals surface area contributed by atoms with E-state index < -0.39 is 20.9 Å². The number of methoxy groups -OCH3 is 1. The van der Waals surface area contributed by atoms with E-state index in [0.29, 0.717) is 18.8 Å². The molecule has 1 aliphatic rings. The molecule has 0 bridgehead atoms. The lowest BCUT2D eigenvalue weighted by molar-refractivity contribution is -0.383. The van der Waals surface area contributed by atoms with E-state index in [1.54, 1.807) is 18.2 Å². The first-order chi connectivity index (χ1) is 14.3. The number of nitro groups is 1. The summed E-state index contributed by atoms with van der Waals surface area (Å²) in [6.45, 7) is 1.25. The molecule has 1 N–H and O–H groups in total. The number of ether oxygens (including phenoxy) is 1. The van der Waals surface area contributed by atoms with Gasteiger partial charge >= 0.3 is 0 Å². The first-order valence-electron chi connectivity index (χ1n) is 9.21. The Morgan fingerprint density at radius 1 is 1.10 bits per heavy atom. The van der Waals surface area contributed by atoms with Crippen LogP contribution in [-0.2, 0) is 14.8 Å². The van der Waals surface area contributed by atoms with Crippen LogP contribution in [0.2, 0.25) is 0 Å². The van der Waals surface area contributed by atoms with E-state index in [1.807, 2.05) is 4.90 Å². The van der Waals surface area contributed by atoms with E-state index in [1.165, 1.54) is 41.7 Å². The van der Waals surface area contributed by atoms with Crippen molar-refractivity contribution in [3.63, 3.8) is 0 Å². The molecular formula is C19H22N4O6S. The molecule has 2 aromatic rings. The molecule has 0 aromatic heterocycles. The minimum absolute atomic E-state index is 0.0163. The van der Waals surface area contributed by atoms with Crippen LogP contribution in [-0.4, -0.2) is 68.3 Å². The van der Waals surface area contributed by atoms with Crippen LogP contribution in [0.25, 0.3) is 0 Å². The molecule has 1 heterocycles. The quantitative estimate of drug-likeness (QED) is 0.518. The van der Waals surface area contributed by atoms with Crippen molar-refractivity contribution >= 4 is 27.3 Å².